The van der Waals surface area contributed by atoms with Crippen LogP contribution in [0.15, 0.2) is 18.2 Å². The summed E-state index contributed by atoms with van der Waals surface area (Å²) in [5.74, 6) is -0.0629. The topological polar surface area (TPSA) is 32.3 Å². The van der Waals surface area contributed by atoms with Crippen molar-refractivity contribution in [1.29, 1.82) is 0 Å². The fourth-order valence-corrected chi connectivity index (χ4v) is 2.34. The molecular formula is C15H22Cl2N2O. The van der Waals surface area contributed by atoms with Crippen LogP contribution in [0.2, 0.25) is 10.0 Å². The van der Waals surface area contributed by atoms with E-state index in [1.807, 2.05) is 6.92 Å². The number of unbranched alkanes of at least 4 members (excludes halogenated alkanes) is 1. The highest BCUT2D eigenvalue weighted by atomic mass is 35.5. The SMILES string of the molecule is CCCCN(CC)C(C)C(=O)Nc1cccc(Cl)c1Cl. The lowest BCUT2D eigenvalue weighted by molar-refractivity contribution is -0.120. The molecule has 0 fully saturated rings. The highest BCUT2D eigenvalue weighted by Gasteiger charge is 2.20. The first-order valence-electron chi connectivity index (χ1n) is 7.00. The number of hydrogen-bond donors (Lipinski definition) is 1. The molecule has 5 heteroatoms. The molecule has 0 aliphatic rings. The summed E-state index contributed by atoms with van der Waals surface area (Å²) in [6, 6.07) is 5.02. The molecule has 1 aromatic carbocycles. The Morgan fingerprint density at radius 2 is 2.05 bits per heavy atom. The lowest BCUT2D eigenvalue weighted by Crippen LogP contribution is -2.42. The van der Waals surface area contributed by atoms with Gasteiger partial charge in [0.25, 0.3) is 0 Å². The van der Waals surface area contributed by atoms with Gasteiger partial charge in [-0.05, 0) is 38.6 Å². The number of nitrogens with zero attached hydrogens (tertiary/aromatic N) is 1. The molecule has 1 unspecified atom stereocenters. The largest absolute Gasteiger partial charge is 0.323 e. The van der Waals surface area contributed by atoms with E-state index in [0.717, 1.165) is 25.9 Å². The third kappa shape index (κ3) is 4.65. The summed E-state index contributed by atoms with van der Waals surface area (Å²) >= 11 is 12.0. The molecule has 0 aliphatic heterocycles. The predicted molar refractivity (Wildman–Crippen MR) is 86.7 cm³/mol. The average molecular weight is 317 g/mol. The second-order valence-corrected chi connectivity index (χ2v) is 5.53. The van der Waals surface area contributed by atoms with Gasteiger partial charge in [0.05, 0.1) is 21.8 Å². The van der Waals surface area contributed by atoms with Crippen molar-refractivity contribution in [2.24, 2.45) is 0 Å². The third-order valence-electron chi connectivity index (χ3n) is 3.34. The minimum absolute atomic E-state index is 0.0629. The first-order chi connectivity index (χ1) is 9.51. The van der Waals surface area contributed by atoms with E-state index < -0.39 is 0 Å². The van der Waals surface area contributed by atoms with E-state index >= 15 is 0 Å². The molecule has 1 aromatic rings. The lowest BCUT2D eigenvalue weighted by atomic mass is 10.2. The maximum absolute atomic E-state index is 12.3. The molecule has 0 aliphatic carbocycles. The summed E-state index contributed by atoms with van der Waals surface area (Å²) in [5.41, 5.74) is 0.558. The first kappa shape index (κ1) is 17.3. The van der Waals surface area contributed by atoms with Gasteiger partial charge in [0.2, 0.25) is 5.91 Å². The van der Waals surface area contributed by atoms with E-state index in [4.69, 9.17) is 23.2 Å². The van der Waals surface area contributed by atoms with Crippen molar-refractivity contribution in [1.82, 2.24) is 4.90 Å². The van der Waals surface area contributed by atoms with E-state index in [9.17, 15) is 4.79 Å². The molecule has 0 aromatic heterocycles. The molecule has 0 heterocycles. The Hall–Kier alpha value is -0.770. The second-order valence-electron chi connectivity index (χ2n) is 4.75. The van der Waals surface area contributed by atoms with Crippen LogP contribution in [-0.4, -0.2) is 29.9 Å². The van der Waals surface area contributed by atoms with Gasteiger partial charge in [-0.2, -0.15) is 0 Å². The van der Waals surface area contributed by atoms with Crippen LogP contribution in [0.5, 0.6) is 0 Å². The number of carbonyl (C=O) groups is 1. The van der Waals surface area contributed by atoms with Gasteiger partial charge >= 0.3 is 0 Å². The molecule has 1 amide bonds. The molecule has 1 rings (SSSR count). The van der Waals surface area contributed by atoms with Crippen molar-refractivity contribution in [3.63, 3.8) is 0 Å². The van der Waals surface area contributed by atoms with E-state index in [1.165, 1.54) is 0 Å². The molecule has 3 nitrogen and oxygen atoms in total. The van der Waals surface area contributed by atoms with Crippen molar-refractivity contribution in [2.45, 2.75) is 39.7 Å². The van der Waals surface area contributed by atoms with Crippen molar-refractivity contribution >= 4 is 34.8 Å². The molecule has 1 atom stereocenters. The number of rotatable bonds is 7. The fourth-order valence-electron chi connectivity index (χ4n) is 1.99. The molecule has 1 N–H and O–H groups in total. The second kappa shape index (κ2) is 8.50. The molecule has 0 saturated heterocycles. The van der Waals surface area contributed by atoms with E-state index in [0.29, 0.717) is 15.7 Å². The van der Waals surface area contributed by atoms with Crippen molar-refractivity contribution in [3.05, 3.63) is 28.2 Å². The fraction of sp³-hybridized carbons (Fsp3) is 0.533. The van der Waals surface area contributed by atoms with Gasteiger partial charge in [0.15, 0.2) is 0 Å². The molecule has 0 saturated carbocycles. The summed E-state index contributed by atoms with van der Waals surface area (Å²) in [4.78, 5) is 14.4. The Morgan fingerprint density at radius 3 is 2.65 bits per heavy atom. The predicted octanol–water partition coefficient (Wildman–Crippen LogP) is 4.44. The maximum Gasteiger partial charge on any atom is 0.241 e. The van der Waals surface area contributed by atoms with Crippen LogP contribution in [0.25, 0.3) is 0 Å². The monoisotopic (exact) mass is 316 g/mol. The number of benzene rings is 1. The number of carbonyl (C=O) groups excluding carboxylic acids is 1. The number of amides is 1. The zero-order valence-electron chi connectivity index (χ0n) is 12.2. The normalized spacial score (nSPS) is 12.5. The molecule has 112 valence electrons. The number of nitrogens with one attached hydrogen (secondary N) is 1. The number of halogens is 2. The van der Waals surface area contributed by atoms with Crippen LogP contribution in [0.4, 0.5) is 5.69 Å². The van der Waals surface area contributed by atoms with Gasteiger partial charge in [0, 0.05) is 0 Å². The van der Waals surface area contributed by atoms with Gasteiger partial charge in [-0.15, -0.1) is 0 Å². The third-order valence-corrected chi connectivity index (χ3v) is 4.16. The molecule has 0 bridgehead atoms. The van der Waals surface area contributed by atoms with Crippen LogP contribution >= 0.6 is 23.2 Å². The van der Waals surface area contributed by atoms with Gasteiger partial charge in [-0.3, -0.25) is 9.69 Å². The smallest absolute Gasteiger partial charge is 0.241 e. The van der Waals surface area contributed by atoms with Gasteiger partial charge in [-0.1, -0.05) is 49.5 Å². The van der Waals surface area contributed by atoms with Crippen LogP contribution < -0.4 is 5.32 Å². The molecular weight excluding hydrogens is 295 g/mol. The molecule has 0 spiro atoms. The van der Waals surface area contributed by atoms with Crippen LogP contribution in [-0.2, 0) is 4.79 Å². The van der Waals surface area contributed by atoms with E-state index in [1.54, 1.807) is 18.2 Å². The highest BCUT2D eigenvalue weighted by molar-refractivity contribution is 6.44. The Kier molecular flexibility index (Phi) is 7.35. The van der Waals surface area contributed by atoms with Gasteiger partial charge in [-0.25, -0.2) is 0 Å². The van der Waals surface area contributed by atoms with Gasteiger partial charge in [0.1, 0.15) is 0 Å². The zero-order chi connectivity index (χ0) is 15.1. The zero-order valence-corrected chi connectivity index (χ0v) is 13.8. The summed E-state index contributed by atoms with van der Waals surface area (Å²) < 4.78 is 0. The minimum atomic E-state index is -0.193. The van der Waals surface area contributed by atoms with Crippen molar-refractivity contribution in [2.75, 3.05) is 18.4 Å². The quantitative estimate of drug-likeness (QED) is 0.806. The molecule has 20 heavy (non-hydrogen) atoms. The van der Waals surface area contributed by atoms with Crippen molar-refractivity contribution < 1.29 is 4.79 Å². The van der Waals surface area contributed by atoms with Crippen LogP contribution in [0.3, 0.4) is 0 Å². The maximum atomic E-state index is 12.3. The van der Waals surface area contributed by atoms with E-state index in [2.05, 4.69) is 24.1 Å². The highest BCUT2D eigenvalue weighted by Crippen LogP contribution is 2.29. The Morgan fingerprint density at radius 1 is 1.35 bits per heavy atom. The minimum Gasteiger partial charge on any atom is -0.323 e. The molecule has 0 radical (unpaired) electrons. The Bertz CT molecular complexity index is 451. The van der Waals surface area contributed by atoms with Crippen LogP contribution in [0.1, 0.15) is 33.6 Å². The van der Waals surface area contributed by atoms with E-state index in [-0.39, 0.29) is 11.9 Å². The number of hydrogen-bond acceptors (Lipinski definition) is 2. The van der Waals surface area contributed by atoms with Gasteiger partial charge < -0.3 is 5.32 Å². The summed E-state index contributed by atoms with van der Waals surface area (Å²) in [7, 11) is 0. The number of anilines is 1. The Labute approximate surface area is 131 Å². The summed E-state index contributed by atoms with van der Waals surface area (Å²) in [5, 5.41) is 3.67. The Balaban J connectivity index is 2.71. The summed E-state index contributed by atoms with van der Waals surface area (Å²) in [6.07, 6.45) is 2.20. The average Bonchev–Trinajstić information content (AvgIpc) is 2.44. The number of likely N-dealkylation sites (N-methyl/N-ethyl adjacent to an activating group) is 1. The standard InChI is InChI=1S/C15H22Cl2N2O/c1-4-6-10-19(5-2)11(3)15(20)18-13-9-7-8-12(16)14(13)17/h7-9,11H,4-6,10H2,1-3H3,(H,18,20). The van der Waals surface area contributed by atoms with Crippen molar-refractivity contribution in [3.8, 4) is 0 Å². The van der Waals surface area contributed by atoms with Crippen LogP contribution in [0, 0.1) is 0 Å². The summed E-state index contributed by atoms with van der Waals surface area (Å²) in [6.45, 7) is 7.88. The first-order valence-corrected chi connectivity index (χ1v) is 7.75. The lowest BCUT2D eigenvalue weighted by Gasteiger charge is -2.26.